The average molecular weight is 461 g/mol. The van der Waals surface area contributed by atoms with E-state index in [0.717, 1.165) is 22.3 Å². The van der Waals surface area contributed by atoms with E-state index >= 15 is 0 Å². The molecule has 0 saturated heterocycles. The Morgan fingerprint density at radius 2 is 1.68 bits per heavy atom. The number of pyridine rings is 1. The number of hydrogen-bond acceptors (Lipinski definition) is 5. The fourth-order valence-corrected chi connectivity index (χ4v) is 3.80. The van der Waals surface area contributed by atoms with Crippen LogP contribution in [0.3, 0.4) is 0 Å². The number of amides is 1. The van der Waals surface area contributed by atoms with Crippen molar-refractivity contribution in [3.8, 4) is 17.4 Å². The van der Waals surface area contributed by atoms with Gasteiger partial charge in [0.1, 0.15) is 11.5 Å². The molecule has 0 aliphatic heterocycles. The Labute approximate surface area is 197 Å². The molecule has 8 heteroatoms. The first-order chi connectivity index (χ1) is 16.6. The Kier molecular flexibility index (Phi) is 7.27. The molecule has 0 bridgehead atoms. The highest BCUT2D eigenvalue weighted by molar-refractivity contribution is 5.78. The lowest BCUT2D eigenvalue weighted by Gasteiger charge is -2.09. The van der Waals surface area contributed by atoms with E-state index in [1.165, 1.54) is 0 Å². The SMILES string of the molecule is CCOc1ccc(Oc2cc(CNC(=O)CCn3c(=O)n(CC)c4ccccc43)ccn2)cc1. The smallest absolute Gasteiger partial charge is 0.329 e. The summed E-state index contributed by atoms with van der Waals surface area (Å²) >= 11 is 0. The van der Waals surface area contributed by atoms with Crippen LogP contribution in [0.25, 0.3) is 11.0 Å². The maximum atomic E-state index is 12.7. The lowest BCUT2D eigenvalue weighted by atomic mass is 10.2. The first-order valence-corrected chi connectivity index (χ1v) is 11.4. The normalized spacial score (nSPS) is 10.9. The van der Waals surface area contributed by atoms with Crippen LogP contribution < -0.4 is 20.5 Å². The lowest BCUT2D eigenvalue weighted by molar-refractivity contribution is -0.121. The Balaban J connectivity index is 1.34. The zero-order valence-corrected chi connectivity index (χ0v) is 19.4. The number of rotatable bonds is 10. The molecule has 176 valence electrons. The second kappa shape index (κ2) is 10.7. The summed E-state index contributed by atoms with van der Waals surface area (Å²) < 4.78 is 14.6. The highest BCUT2D eigenvalue weighted by Gasteiger charge is 2.13. The van der Waals surface area contributed by atoms with Crippen molar-refractivity contribution in [1.29, 1.82) is 0 Å². The summed E-state index contributed by atoms with van der Waals surface area (Å²) in [6, 6.07) is 18.6. The van der Waals surface area contributed by atoms with Gasteiger partial charge in [0.15, 0.2) is 0 Å². The van der Waals surface area contributed by atoms with Gasteiger partial charge in [0.25, 0.3) is 0 Å². The fraction of sp³-hybridized carbons (Fsp3) is 0.269. The van der Waals surface area contributed by atoms with Gasteiger partial charge in [-0.25, -0.2) is 9.78 Å². The molecule has 2 aromatic carbocycles. The van der Waals surface area contributed by atoms with Gasteiger partial charge in [0.05, 0.1) is 17.6 Å². The molecule has 4 rings (SSSR count). The van der Waals surface area contributed by atoms with Crippen molar-refractivity contribution in [2.75, 3.05) is 6.61 Å². The number of carbonyl (C=O) groups excluding carboxylic acids is 1. The van der Waals surface area contributed by atoms with E-state index in [2.05, 4.69) is 10.3 Å². The molecule has 1 N–H and O–H groups in total. The van der Waals surface area contributed by atoms with Gasteiger partial charge in [-0.2, -0.15) is 0 Å². The van der Waals surface area contributed by atoms with Gasteiger partial charge in [-0.15, -0.1) is 0 Å². The van der Waals surface area contributed by atoms with Crippen LogP contribution in [0.1, 0.15) is 25.8 Å². The van der Waals surface area contributed by atoms with E-state index < -0.39 is 0 Å². The molecule has 0 aliphatic rings. The number of carbonyl (C=O) groups is 1. The van der Waals surface area contributed by atoms with Crippen molar-refractivity contribution in [1.82, 2.24) is 19.4 Å². The van der Waals surface area contributed by atoms with Gasteiger partial charge < -0.3 is 14.8 Å². The first-order valence-electron chi connectivity index (χ1n) is 11.4. The minimum absolute atomic E-state index is 0.0956. The van der Waals surface area contributed by atoms with Gasteiger partial charge >= 0.3 is 5.69 Å². The molecule has 4 aromatic rings. The van der Waals surface area contributed by atoms with Crippen LogP contribution in [0.15, 0.2) is 71.7 Å². The summed E-state index contributed by atoms with van der Waals surface area (Å²) in [6.07, 6.45) is 1.85. The zero-order chi connectivity index (χ0) is 23.9. The fourth-order valence-electron chi connectivity index (χ4n) is 3.80. The summed E-state index contributed by atoms with van der Waals surface area (Å²) in [4.78, 5) is 29.4. The molecule has 0 radical (unpaired) electrons. The largest absolute Gasteiger partial charge is 0.494 e. The van der Waals surface area contributed by atoms with Crippen LogP contribution in [-0.4, -0.2) is 26.6 Å². The van der Waals surface area contributed by atoms with Crippen molar-refractivity contribution < 1.29 is 14.3 Å². The Hall–Kier alpha value is -4.07. The highest BCUT2D eigenvalue weighted by atomic mass is 16.5. The number of nitrogens with zero attached hydrogens (tertiary/aromatic N) is 3. The standard InChI is InChI=1S/C26H28N4O4/c1-3-29-22-7-5-6-8-23(22)30(26(29)32)16-14-24(31)28-18-19-13-15-27-25(17-19)34-21-11-9-20(10-12-21)33-4-2/h5-13,15,17H,3-4,14,16,18H2,1-2H3,(H,28,31). The van der Waals surface area contributed by atoms with Gasteiger partial charge in [-0.3, -0.25) is 13.9 Å². The Morgan fingerprint density at radius 3 is 2.38 bits per heavy atom. The summed E-state index contributed by atoms with van der Waals surface area (Å²) in [6.45, 7) is 5.72. The Morgan fingerprint density at radius 1 is 0.971 bits per heavy atom. The highest BCUT2D eigenvalue weighted by Crippen LogP contribution is 2.23. The number of ether oxygens (including phenoxy) is 2. The predicted octanol–water partition coefficient (Wildman–Crippen LogP) is 4.12. The van der Waals surface area contributed by atoms with Crippen molar-refractivity contribution in [2.24, 2.45) is 0 Å². The van der Waals surface area contributed by atoms with E-state index in [0.29, 0.717) is 37.9 Å². The molecule has 0 saturated carbocycles. The number of aromatic nitrogens is 3. The van der Waals surface area contributed by atoms with Crippen LogP contribution in [0.2, 0.25) is 0 Å². The van der Waals surface area contributed by atoms with Crippen LogP contribution >= 0.6 is 0 Å². The number of nitrogens with one attached hydrogen (secondary N) is 1. The molecular weight excluding hydrogens is 432 g/mol. The lowest BCUT2D eigenvalue weighted by Crippen LogP contribution is -2.28. The van der Waals surface area contributed by atoms with Gasteiger partial charge in [-0.1, -0.05) is 12.1 Å². The van der Waals surface area contributed by atoms with Crippen molar-refractivity contribution in [3.63, 3.8) is 0 Å². The molecule has 34 heavy (non-hydrogen) atoms. The number of imidazole rings is 1. The minimum Gasteiger partial charge on any atom is -0.494 e. The van der Waals surface area contributed by atoms with Crippen LogP contribution in [0.5, 0.6) is 17.4 Å². The molecular formula is C26H28N4O4. The third kappa shape index (κ3) is 5.28. The molecule has 0 atom stereocenters. The van der Waals surface area contributed by atoms with Crippen LogP contribution in [0.4, 0.5) is 0 Å². The van der Waals surface area contributed by atoms with E-state index in [1.807, 2.05) is 68.4 Å². The molecule has 0 unspecified atom stereocenters. The van der Waals surface area contributed by atoms with Crippen molar-refractivity contribution in [2.45, 2.75) is 39.9 Å². The molecule has 1 amide bonds. The molecule has 2 heterocycles. The van der Waals surface area contributed by atoms with E-state index in [-0.39, 0.29) is 18.0 Å². The topological polar surface area (TPSA) is 87.4 Å². The monoisotopic (exact) mass is 460 g/mol. The van der Waals surface area contributed by atoms with Crippen LogP contribution in [0, 0.1) is 0 Å². The molecule has 8 nitrogen and oxygen atoms in total. The average Bonchev–Trinajstić information content (AvgIpc) is 3.13. The Bertz CT molecular complexity index is 1320. The maximum absolute atomic E-state index is 12.7. The van der Waals surface area contributed by atoms with Gasteiger partial charge in [0, 0.05) is 38.3 Å². The summed E-state index contributed by atoms with van der Waals surface area (Å²) in [7, 11) is 0. The minimum atomic E-state index is -0.133. The number of aryl methyl sites for hydroxylation is 2. The zero-order valence-electron chi connectivity index (χ0n) is 19.4. The summed E-state index contributed by atoms with van der Waals surface area (Å²) in [5, 5.41) is 2.91. The third-order valence-electron chi connectivity index (χ3n) is 5.45. The molecule has 0 aliphatic carbocycles. The van der Waals surface area contributed by atoms with E-state index in [9.17, 15) is 9.59 Å². The molecule has 2 aromatic heterocycles. The predicted molar refractivity (Wildman–Crippen MR) is 130 cm³/mol. The number of hydrogen-bond donors (Lipinski definition) is 1. The second-order valence-corrected chi connectivity index (χ2v) is 7.70. The number of fused-ring (bicyclic) bond motifs is 1. The first kappa shape index (κ1) is 23.1. The van der Waals surface area contributed by atoms with Crippen LogP contribution in [-0.2, 0) is 24.4 Å². The number of benzene rings is 2. The second-order valence-electron chi connectivity index (χ2n) is 7.70. The quantitative estimate of drug-likeness (QED) is 0.385. The van der Waals surface area contributed by atoms with Gasteiger partial charge in [-0.05, 0) is 61.9 Å². The summed E-state index contributed by atoms with van der Waals surface area (Å²) in [5.41, 5.74) is 2.49. The maximum Gasteiger partial charge on any atom is 0.329 e. The molecule has 0 fully saturated rings. The summed E-state index contributed by atoms with van der Waals surface area (Å²) in [5.74, 6) is 1.73. The van der Waals surface area contributed by atoms with Crippen molar-refractivity contribution >= 4 is 16.9 Å². The third-order valence-corrected chi connectivity index (χ3v) is 5.45. The van der Waals surface area contributed by atoms with E-state index in [4.69, 9.17) is 9.47 Å². The number of para-hydroxylation sites is 2. The molecule has 0 spiro atoms. The van der Waals surface area contributed by atoms with Gasteiger partial charge in [0.2, 0.25) is 11.8 Å². The van der Waals surface area contributed by atoms with E-state index in [1.54, 1.807) is 21.4 Å². The van der Waals surface area contributed by atoms with Crippen molar-refractivity contribution in [3.05, 3.63) is 82.9 Å².